The number of thiazole rings is 1. The number of aromatic hydroxyl groups is 1. The van der Waals surface area contributed by atoms with Crippen LogP contribution in [0.4, 0.5) is 5.69 Å². The normalized spacial score (nSPS) is 16.0. The van der Waals surface area contributed by atoms with Crippen LogP contribution in [0.25, 0.3) is 4.96 Å². The largest absolute Gasteiger partial charge is 0.492 e. The van der Waals surface area contributed by atoms with Crippen molar-refractivity contribution in [2.24, 2.45) is 0 Å². The molecule has 0 saturated carbocycles. The number of hydrogen-bond donors (Lipinski definition) is 1. The van der Waals surface area contributed by atoms with Crippen LogP contribution in [0.3, 0.4) is 0 Å². The van der Waals surface area contributed by atoms with Gasteiger partial charge in [-0.25, -0.2) is 4.98 Å². The molecular weight excluding hydrogens is 418 g/mol. The van der Waals surface area contributed by atoms with E-state index in [4.69, 9.17) is 0 Å². The summed E-state index contributed by atoms with van der Waals surface area (Å²) >= 11 is 1.55. The zero-order valence-corrected chi connectivity index (χ0v) is 19.4. The van der Waals surface area contributed by atoms with Crippen molar-refractivity contribution in [2.45, 2.75) is 32.7 Å². The molecule has 0 amide bonds. The molecule has 2 aromatic carbocycles. The second kappa shape index (κ2) is 8.92. The van der Waals surface area contributed by atoms with Gasteiger partial charge in [0.1, 0.15) is 0 Å². The van der Waals surface area contributed by atoms with Crippen molar-refractivity contribution in [3.05, 3.63) is 76.4 Å². The lowest BCUT2D eigenvalue weighted by Gasteiger charge is -2.40. The van der Waals surface area contributed by atoms with Gasteiger partial charge in [0.2, 0.25) is 10.8 Å². The Morgan fingerprint density at radius 2 is 1.66 bits per heavy atom. The van der Waals surface area contributed by atoms with Gasteiger partial charge in [-0.3, -0.25) is 4.90 Å². The summed E-state index contributed by atoms with van der Waals surface area (Å²) < 4.78 is 1.60. The quantitative estimate of drug-likeness (QED) is 0.471. The molecule has 0 spiro atoms. The Morgan fingerprint density at radius 3 is 2.28 bits per heavy atom. The molecule has 6 nitrogen and oxygen atoms in total. The lowest BCUT2D eigenvalue weighted by Crippen LogP contribution is -2.47. The highest BCUT2D eigenvalue weighted by Crippen LogP contribution is 2.40. The van der Waals surface area contributed by atoms with Gasteiger partial charge in [0.25, 0.3) is 0 Å². The number of anilines is 1. The second-order valence-electron chi connectivity index (χ2n) is 8.22. The molecule has 7 heteroatoms. The topological polar surface area (TPSA) is 56.9 Å². The van der Waals surface area contributed by atoms with Crippen molar-refractivity contribution in [3.8, 4) is 5.88 Å². The Balaban J connectivity index is 1.48. The lowest BCUT2D eigenvalue weighted by atomic mass is 10.0. The van der Waals surface area contributed by atoms with Crippen LogP contribution in [0, 0.1) is 0 Å². The molecule has 3 heterocycles. The third-order valence-corrected chi connectivity index (χ3v) is 7.39. The molecular formula is C25H29N5OS. The van der Waals surface area contributed by atoms with E-state index in [0.717, 1.165) is 54.7 Å². The van der Waals surface area contributed by atoms with Crippen LogP contribution in [0.1, 0.15) is 41.7 Å². The third-order valence-electron chi connectivity index (χ3n) is 6.31. The summed E-state index contributed by atoms with van der Waals surface area (Å²) in [6.45, 7) is 7.95. The van der Waals surface area contributed by atoms with Crippen LogP contribution in [0.2, 0.25) is 0 Å². The van der Waals surface area contributed by atoms with Crippen molar-refractivity contribution in [1.82, 2.24) is 19.5 Å². The first kappa shape index (κ1) is 21.0. The highest BCUT2D eigenvalue weighted by atomic mass is 32.1. The maximum atomic E-state index is 11.1. The predicted molar refractivity (Wildman–Crippen MR) is 130 cm³/mol. The summed E-state index contributed by atoms with van der Waals surface area (Å²) in [6, 6.07) is 19.4. The summed E-state index contributed by atoms with van der Waals surface area (Å²) in [6.07, 6.45) is 1.77. The van der Waals surface area contributed by atoms with Gasteiger partial charge in [0.15, 0.2) is 5.82 Å². The van der Waals surface area contributed by atoms with E-state index < -0.39 is 0 Å². The number of piperazine rings is 1. The van der Waals surface area contributed by atoms with Gasteiger partial charge in [0.05, 0.1) is 10.9 Å². The van der Waals surface area contributed by atoms with E-state index in [1.807, 2.05) is 6.92 Å². The molecule has 0 radical (unpaired) electrons. The molecule has 0 bridgehead atoms. The fourth-order valence-electron chi connectivity index (χ4n) is 4.46. The van der Waals surface area contributed by atoms with Crippen LogP contribution >= 0.6 is 11.3 Å². The molecule has 0 aliphatic carbocycles. The van der Waals surface area contributed by atoms with Crippen LogP contribution < -0.4 is 4.90 Å². The van der Waals surface area contributed by atoms with E-state index in [0.29, 0.717) is 0 Å². The number of nitrogens with zero attached hydrogens (tertiary/aromatic N) is 5. The Morgan fingerprint density at radius 1 is 0.938 bits per heavy atom. The zero-order chi connectivity index (χ0) is 22.1. The molecule has 2 aromatic heterocycles. The van der Waals surface area contributed by atoms with E-state index in [-0.39, 0.29) is 11.9 Å². The van der Waals surface area contributed by atoms with Crippen LogP contribution in [-0.2, 0) is 12.8 Å². The monoisotopic (exact) mass is 447 g/mol. The fraction of sp³-hybridized carbons (Fsp3) is 0.360. The van der Waals surface area contributed by atoms with Gasteiger partial charge in [-0.05, 0) is 29.7 Å². The number of aryl methyl sites for hydroxylation is 2. The molecule has 32 heavy (non-hydrogen) atoms. The number of rotatable bonds is 6. The van der Waals surface area contributed by atoms with Gasteiger partial charge < -0.3 is 10.0 Å². The zero-order valence-electron chi connectivity index (χ0n) is 18.6. The number of aromatic nitrogens is 3. The molecule has 4 aromatic rings. The first-order valence-electron chi connectivity index (χ1n) is 11.4. The molecule has 0 unspecified atom stereocenters. The highest BCUT2D eigenvalue weighted by molar-refractivity contribution is 7.17. The Bertz CT molecular complexity index is 1180. The summed E-state index contributed by atoms with van der Waals surface area (Å²) in [7, 11) is 0. The minimum atomic E-state index is -0.0163. The van der Waals surface area contributed by atoms with E-state index in [1.54, 1.807) is 15.9 Å². The van der Waals surface area contributed by atoms with E-state index >= 15 is 0 Å². The standard InChI is InChI=1S/C25H29N5OS/c1-3-18-10-12-19(13-11-18)22(23-24(31)30-25(32-23)26-21(4-2)27-30)29-16-14-28(15-17-29)20-8-6-5-7-9-20/h5-13,22,31H,3-4,14-17H2,1-2H3/t22-/m0/s1. The van der Waals surface area contributed by atoms with Gasteiger partial charge >= 0.3 is 0 Å². The van der Waals surface area contributed by atoms with Crippen LogP contribution in [-0.4, -0.2) is 50.8 Å². The average Bonchev–Trinajstić information content (AvgIpc) is 3.40. The molecule has 1 N–H and O–H groups in total. The Labute approximate surface area is 192 Å². The molecule has 5 rings (SSSR count). The number of hydrogen-bond acceptors (Lipinski definition) is 6. The van der Waals surface area contributed by atoms with E-state index in [2.05, 4.69) is 81.4 Å². The summed E-state index contributed by atoms with van der Waals surface area (Å²) in [4.78, 5) is 11.2. The smallest absolute Gasteiger partial charge is 0.230 e. The van der Waals surface area contributed by atoms with Crippen molar-refractivity contribution < 1.29 is 5.11 Å². The fourth-order valence-corrected chi connectivity index (χ4v) is 5.60. The third kappa shape index (κ3) is 3.87. The summed E-state index contributed by atoms with van der Waals surface area (Å²) in [5, 5.41) is 15.6. The lowest BCUT2D eigenvalue weighted by molar-refractivity contribution is 0.211. The Kier molecular flexibility index (Phi) is 5.85. The van der Waals surface area contributed by atoms with Gasteiger partial charge in [-0.1, -0.05) is 67.6 Å². The summed E-state index contributed by atoms with van der Waals surface area (Å²) in [5.74, 6) is 0.977. The number of fused-ring (bicyclic) bond motifs is 1. The van der Waals surface area contributed by atoms with Crippen molar-refractivity contribution in [2.75, 3.05) is 31.1 Å². The van der Waals surface area contributed by atoms with E-state index in [9.17, 15) is 5.11 Å². The first-order valence-corrected chi connectivity index (χ1v) is 12.2. The number of benzene rings is 2. The SMILES string of the molecule is CCc1ccc([C@@H](c2sc3nc(CC)nn3c2O)N2CCN(c3ccccc3)CC2)cc1. The van der Waals surface area contributed by atoms with Crippen molar-refractivity contribution >= 4 is 22.0 Å². The Hall–Kier alpha value is -2.90. The first-order chi connectivity index (χ1) is 15.7. The molecule has 1 saturated heterocycles. The maximum absolute atomic E-state index is 11.1. The highest BCUT2D eigenvalue weighted by Gasteiger charge is 2.31. The van der Waals surface area contributed by atoms with Gasteiger partial charge in [-0.15, -0.1) is 5.10 Å². The van der Waals surface area contributed by atoms with Crippen LogP contribution in [0.5, 0.6) is 5.88 Å². The molecule has 1 atom stereocenters. The molecule has 1 fully saturated rings. The van der Waals surface area contributed by atoms with E-state index in [1.165, 1.54) is 16.8 Å². The maximum Gasteiger partial charge on any atom is 0.230 e. The molecule has 1 aliphatic rings. The molecule has 166 valence electrons. The number of para-hydroxylation sites is 1. The molecule has 1 aliphatic heterocycles. The minimum absolute atomic E-state index is 0.0163. The minimum Gasteiger partial charge on any atom is -0.492 e. The van der Waals surface area contributed by atoms with Crippen molar-refractivity contribution in [1.29, 1.82) is 0 Å². The van der Waals surface area contributed by atoms with Gasteiger partial charge in [0, 0.05) is 38.3 Å². The summed E-state index contributed by atoms with van der Waals surface area (Å²) in [5.41, 5.74) is 3.79. The van der Waals surface area contributed by atoms with Gasteiger partial charge in [-0.2, -0.15) is 4.52 Å². The van der Waals surface area contributed by atoms with Crippen molar-refractivity contribution in [3.63, 3.8) is 0 Å². The average molecular weight is 448 g/mol. The van der Waals surface area contributed by atoms with Crippen LogP contribution in [0.15, 0.2) is 54.6 Å². The predicted octanol–water partition coefficient (Wildman–Crippen LogP) is 4.53. The second-order valence-corrected chi connectivity index (χ2v) is 9.23.